The van der Waals surface area contributed by atoms with Crippen LogP contribution in [0.5, 0.6) is 0 Å². The molecule has 2 aliphatic rings. The fourth-order valence-electron chi connectivity index (χ4n) is 3.27. The van der Waals surface area contributed by atoms with Crippen LogP contribution in [0.15, 0.2) is 0 Å². The van der Waals surface area contributed by atoms with Crippen molar-refractivity contribution in [1.82, 2.24) is 4.90 Å². The van der Waals surface area contributed by atoms with Gasteiger partial charge in [0.1, 0.15) is 0 Å². The molecule has 1 aliphatic carbocycles. The second kappa shape index (κ2) is 4.56. The fourth-order valence-corrected chi connectivity index (χ4v) is 3.59. The van der Waals surface area contributed by atoms with E-state index in [2.05, 4.69) is 13.8 Å². The van der Waals surface area contributed by atoms with Gasteiger partial charge in [-0.3, -0.25) is 4.79 Å². The smallest absolute Gasteiger partial charge is 0.226 e. The molecule has 0 N–H and O–H groups in total. The van der Waals surface area contributed by atoms with Gasteiger partial charge in [-0.05, 0) is 31.1 Å². The van der Waals surface area contributed by atoms with E-state index in [-0.39, 0.29) is 11.3 Å². The quantitative estimate of drug-likeness (QED) is 0.683. The van der Waals surface area contributed by atoms with Gasteiger partial charge in [0.05, 0.1) is 0 Å². The van der Waals surface area contributed by atoms with Crippen LogP contribution >= 0.6 is 11.6 Å². The van der Waals surface area contributed by atoms with E-state index in [4.69, 9.17) is 11.6 Å². The third kappa shape index (κ3) is 2.09. The number of carbonyl (C=O) groups excluding carboxylic acids is 1. The third-order valence-corrected chi connectivity index (χ3v) is 4.75. The van der Waals surface area contributed by atoms with Gasteiger partial charge in [0.15, 0.2) is 0 Å². The standard InChI is InChI=1S/C13H22ClNO/c1-13(2)7-3-6-11(13)12(16)15-8-4-5-10(15)9-14/h10-11H,3-9H2,1-2H3. The second-order valence-corrected chi connectivity index (χ2v) is 6.22. The van der Waals surface area contributed by atoms with E-state index < -0.39 is 0 Å². The van der Waals surface area contributed by atoms with E-state index in [9.17, 15) is 4.79 Å². The maximum absolute atomic E-state index is 12.5. The highest BCUT2D eigenvalue weighted by molar-refractivity contribution is 6.18. The number of halogens is 1. The normalized spacial score (nSPS) is 33.3. The van der Waals surface area contributed by atoms with Crippen LogP contribution in [-0.2, 0) is 4.79 Å². The third-order valence-electron chi connectivity index (χ3n) is 4.39. The van der Waals surface area contributed by atoms with Crippen molar-refractivity contribution in [2.24, 2.45) is 11.3 Å². The average Bonchev–Trinajstić information content (AvgIpc) is 2.82. The Morgan fingerprint density at radius 1 is 1.38 bits per heavy atom. The fraction of sp³-hybridized carbons (Fsp3) is 0.923. The molecule has 2 unspecified atom stereocenters. The van der Waals surface area contributed by atoms with Gasteiger partial charge in [-0.2, -0.15) is 0 Å². The van der Waals surface area contributed by atoms with Crippen molar-refractivity contribution in [1.29, 1.82) is 0 Å². The van der Waals surface area contributed by atoms with Gasteiger partial charge in [0.25, 0.3) is 0 Å². The minimum Gasteiger partial charge on any atom is -0.338 e. The molecule has 92 valence electrons. The van der Waals surface area contributed by atoms with Crippen LogP contribution < -0.4 is 0 Å². The minimum atomic E-state index is 0.191. The van der Waals surface area contributed by atoms with Gasteiger partial charge in [0, 0.05) is 24.4 Å². The molecule has 0 aromatic carbocycles. The van der Waals surface area contributed by atoms with E-state index in [0.717, 1.165) is 25.8 Å². The maximum atomic E-state index is 12.5. The first-order chi connectivity index (χ1) is 7.56. The van der Waals surface area contributed by atoms with Crippen molar-refractivity contribution in [3.63, 3.8) is 0 Å². The Kier molecular flexibility index (Phi) is 3.48. The van der Waals surface area contributed by atoms with Gasteiger partial charge in [-0.25, -0.2) is 0 Å². The molecule has 0 aromatic rings. The summed E-state index contributed by atoms with van der Waals surface area (Å²) in [5.41, 5.74) is 0.191. The lowest BCUT2D eigenvalue weighted by atomic mass is 9.81. The van der Waals surface area contributed by atoms with Crippen molar-refractivity contribution in [2.75, 3.05) is 12.4 Å². The highest BCUT2D eigenvalue weighted by Gasteiger charge is 2.43. The molecule has 0 radical (unpaired) electrons. The Balaban J connectivity index is 2.07. The zero-order valence-electron chi connectivity index (χ0n) is 10.3. The van der Waals surface area contributed by atoms with Gasteiger partial charge in [-0.1, -0.05) is 20.3 Å². The topological polar surface area (TPSA) is 20.3 Å². The molecular weight excluding hydrogens is 222 g/mol. The summed E-state index contributed by atoms with van der Waals surface area (Å²) in [7, 11) is 0. The van der Waals surface area contributed by atoms with Gasteiger partial charge >= 0.3 is 0 Å². The number of rotatable bonds is 2. The lowest BCUT2D eigenvalue weighted by Gasteiger charge is -2.32. The molecule has 0 spiro atoms. The van der Waals surface area contributed by atoms with E-state index in [1.54, 1.807) is 0 Å². The summed E-state index contributed by atoms with van der Waals surface area (Å²) < 4.78 is 0. The SMILES string of the molecule is CC1(C)CCCC1C(=O)N1CCCC1CCl. The number of hydrogen-bond donors (Lipinski definition) is 0. The molecule has 2 nitrogen and oxygen atoms in total. The van der Waals surface area contributed by atoms with Crippen molar-refractivity contribution in [2.45, 2.75) is 52.0 Å². The summed E-state index contributed by atoms with van der Waals surface area (Å²) in [6.45, 7) is 5.38. The van der Waals surface area contributed by atoms with Crippen molar-refractivity contribution in [3.05, 3.63) is 0 Å². The molecule has 1 saturated heterocycles. The second-order valence-electron chi connectivity index (χ2n) is 5.92. The van der Waals surface area contributed by atoms with E-state index in [1.165, 1.54) is 12.8 Å². The Labute approximate surface area is 103 Å². The van der Waals surface area contributed by atoms with Gasteiger partial charge in [0.2, 0.25) is 5.91 Å². The zero-order chi connectivity index (χ0) is 11.8. The molecule has 1 aliphatic heterocycles. The van der Waals surface area contributed by atoms with E-state index in [1.807, 2.05) is 4.90 Å². The Hall–Kier alpha value is -0.240. The molecule has 0 bridgehead atoms. The van der Waals surface area contributed by atoms with E-state index in [0.29, 0.717) is 17.8 Å². The van der Waals surface area contributed by atoms with Gasteiger partial charge < -0.3 is 4.90 Å². The number of likely N-dealkylation sites (tertiary alicyclic amines) is 1. The molecule has 1 heterocycles. The summed E-state index contributed by atoms with van der Waals surface area (Å²) in [5, 5.41) is 0. The average molecular weight is 244 g/mol. The molecule has 1 saturated carbocycles. The highest BCUT2D eigenvalue weighted by atomic mass is 35.5. The molecule has 2 fully saturated rings. The summed E-state index contributed by atoms with van der Waals surface area (Å²) in [5.74, 6) is 1.20. The maximum Gasteiger partial charge on any atom is 0.226 e. The Morgan fingerprint density at radius 2 is 2.12 bits per heavy atom. The lowest BCUT2D eigenvalue weighted by Crippen LogP contribution is -2.43. The predicted molar refractivity (Wildman–Crippen MR) is 66.6 cm³/mol. The molecule has 1 amide bonds. The van der Waals surface area contributed by atoms with Crippen LogP contribution in [0.1, 0.15) is 46.0 Å². The number of amides is 1. The van der Waals surface area contributed by atoms with Crippen LogP contribution in [0, 0.1) is 11.3 Å². The number of hydrogen-bond acceptors (Lipinski definition) is 1. The monoisotopic (exact) mass is 243 g/mol. The highest BCUT2D eigenvalue weighted by Crippen LogP contribution is 2.44. The van der Waals surface area contributed by atoms with E-state index >= 15 is 0 Å². The molecule has 0 aromatic heterocycles. The first-order valence-electron chi connectivity index (χ1n) is 6.43. The molecule has 2 atom stereocenters. The van der Waals surface area contributed by atoms with Crippen LogP contribution in [0.25, 0.3) is 0 Å². The Bertz CT molecular complexity index is 277. The summed E-state index contributed by atoms with van der Waals surface area (Å²) in [6, 6.07) is 0.297. The minimum absolute atomic E-state index is 0.191. The number of alkyl halides is 1. The largest absolute Gasteiger partial charge is 0.338 e. The van der Waals surface area contributed by atoms with Gasteiger partial charge in [-0.15, -0.1) is 11.6 Å². The molecule has 2 rings (SSSR count). The van der Waals surface area contributed by atoms with Crippen molar-refractivity contribution < 1.29 is 4.79 Å². The van der Waals surface area contributed by atoms with Crippen LogP contribution in [-0.4, -0.2) is 29.3 Å². The molecule has 16 heavy (non-hydrogen) atoms. The predicted octanol–water partition coefficient (Wildman–Crippen LogP) is 3.04. The summed E-state index contributed by atoms with van der Waals surface area (Å²) >= 11 is 5.93. The van der Waals surface area contributed by atoms with Crippen LogP contribution in [0.3, 0.4) is 0 Å². The Morgan fingerprint density at radius 3 is 2.69 bits per heavy atom. The van der Waals surface area contributed by atoms with Crippen molar-refractivity contribution >= 4 is 17.5 Å². The molecule has 3 heteroatoms. The summed E-state index contributed by atoms with van der Waals surface area (Å²) in [6.07, 6.45) is 5.65. The first kappa shape index (κ1) is 12.2. The molecular formula is C13H22ClNO. The van der Waals surface area contributed by atoms with Crippen LogP contribution in [0.2, 0.25) is 0 Å². The number of carbonyl (C=O) groups is 1. The van der Waals surface area contributed by atoms with Crippen LogP contribution in [0.4, 0.5) is 0 Å². The zero-order valence-corrected chi connectivity index (χ0v) is 11.1. The number of nitrogens with zero attached hydrogens (tertiary/aromatic N) is 1. The first-order valence-corrected chi connectivity index (χ1v) is 6.96. The summed E-state index contributed by atoms with van der Waals surface area (Å²) in [4.78, 5) is 14.5. The lowest BCUT2D eigenvalue weighted by molar-refractivity contribution is -0.138. The van der Waals surface area contributed by atoms with Crippen molar-refractivity contribution in [3.8, 4) is 0 Å².